The Bertz CT molecular complexity index is 659. The SMILES string of the molecule is CCc1ccc(C(=O)N(C)C)cc1.CCc1ccc(C(N)=O)cc1. The summed E-state index contributed by atoms with van der Waals surface area (Å²) >= 11 is 0. The number of hydrogen-bond donors (Lipinski definition) is 1. The molecule has 128 valence electrons. The lowest BCUT2D eigenvalue weighted by molar-refractivity contribution is 0.0827. The topological polar surface area (TPSA) is 63.4 Å². The van der Waals surface area contributed by atoms with Crippen LogP contribution in [-0.4, -0.2) is 30.8 Å². The molecule has 4 nitrogen and oxygen atoms in total. The fourth-order valence-electron chi connectivity index (χ4n) is 2.05. The molecular weight excluding hydrogens is 300 g/mol. The highest BCUT2D eigenvalue weighted by atomic mass is 16.2. The van der Waals surface area contributed by atoms with E-state index in [1.165, 1.54) is 11.1 Å². The highest BCUT2D eigenvalue weighted by Crippen LogP contribution is 2.06. The maximum atomic E-state index is 11.5. The van der Waals surface area contributed by atoms with E-state index in [-0.39, 0.29) is 11.8 Å². The number of hydrogen-bond acceptors (Lipinski definition) is 2. The van der Waals surface area contributed by atoms with Gasteiger partial charge in [0.15, 0.2) is 0 Å². The Morgan fingerprint density at radius 3 is 1.46 bits per heavy atom. The van der Waals surface area contributed by atoms with Gasteiger partial charge in [-0.2, -0.15) is 0 Å². The van der Waals surface area contributed by atoms with E-state index in [0.29, 0.717) is 5.56 Å². The highest BCUT2D eigenvalue weighted by molar-refractivity contribution is 5.94. The lowest BCUT2D eigenvalue weighted by Gasteiger charge is -2.10. The molecule has 0 unspecified atom stereocenters. The number of nitrogens with two attached hydrogens (primary N) is 1. The average Bonchev–Trinajstić information content (AvgIpc) is 2.61. The summed E-state index contributed by atoms with van der Waals surface area (Å²) in [5.74, 6) is -0.310. The Kier molecular flexibility index (Phi) is 7.69. The molecule has 0 aliphatic rings. The van der Waals surface area contributed by atoms with E-state index in [2.05, 4.69) is 13.8 Å². The first-order valence-electron chi connectivity index (χ1n) is 8.08. The van der Waals surface area contributed by atoms with Crippen LogP contribution >= 0.6 is 0 Å². The lowest BCUT2D eigenvalue weighted by Crippen LogP contribution is -2.21. The minimum Gasteiger partial charge on any atom is -0.366 e. The minimum absolute atomic E-state index is 0.0580. The zero-order chi connectivity index (χ0) is 18.1. The Hall–Kier alpha value is -2.62. The Balaban J connectivity index is 0.000000243. The van der Waals surface area contributed by atoms with Crippen LogP contribution in [0.2, 0.25) is 0 Å². The number of carbonyl (C=O) groups is 2. The van der Waals surface area contributed by atoms with Gasteiger partial charge in [-0.25, -0.2) is 0 Å². The van der Waals surface area contributed by atoms with Crippen LogP contribution in [0.1, 0.15) is 45.7 Å². The van der Waals surface area contributed by atoms with Crippen LogP contribution in [0.3, 0.4) is 0 Å². The molecule has 0 atom stereocenters. The fraction of sp³-hybridized carbons (Fsp3) is 0.300. The van der Waals surface area contributed by atoms with Crippen LogP contribution in [0.5, 0.6) is 0 Å². The minimum atomic E-state index is -0.368. The van der Waals surface area contributed by atoms with Crippen molar-refractivity contribution in [3.8, 4) is 0 Å². The number of rotatable bonds is 4. The van der Waals surface area contributed by atoms with Crippen LogP contribution in [0.15, 0.2) is 48.5 Å². The van der Waals surface area contributed by atoms with E-state index in [9.17, 15) is 9.59 Å². The van der Waals surface area contributed by atoms with Crippen LogP contribution < -0.4 is 5.73 Å². The molecule has 0 aliphatic carbocycles. The molecule has 0 aromatic heterocycles. The van der Waals surface area contributed by atoms with Gasteiger partial charge in [0.25, 0.3) is 5.91 Å². The van der Waals surface area contributed by atoms with Crippen molar-refractivity contribution in [1.29, 1.82) is 0 Å². The molecule has 0 saturated carbocycles. The van der Waals surface area contributed by atoms with E-state index in [4.69, 9.17) is 5.73 Å². The van der Waals surface area contributed by atoms with Gasteiger partial charge in [0.2, 0.25) is 5.91 Å². The van der Waals surface area contributed by atoms with Gasteiger partial charge in [-0.3, -0.25) is 9.59 Å². The van der Waals surface area contributed by atoms with E-state index in [1.807, 2.05) is 36.4 Å². The predicted octanol–water partition coefficient (Wildman–Crippen LogP) is 3.30. The van der Waals surface area contributed by atoms with Gasteiger partial charge < -0.3 is 10.6 Å². The van der Waals surface area contributed by atoms with E-state index in [1.54, 1.807) is 31.1 Å². The molecule has 24 heavy (non-hydrogen) atoms. The van der Waals surface area contributed by atoms with Crippen molar-refractivity contribution < 1.29 is 9.59 Å². The molecule has 0 bridgehead atoms. The van der Waals surface area contributed by atoms with Crippen LogP contribution in [0, 0.1) is 0 Å². The van der Waals surface area contributed by atoms with Gasteiger partial charge in [-0.1, -0.05) is 38.1 Å². The second-order valence-electron chi connectivity index (χ2n) is 5.66. The molecule has 2 rings (SSSR count). The van der Waals surface area contributed by atoms with Crippen molar-refractivity contribution >= 4 is 11.8 Å². The van der Waals surface area contributed by atoms with Crippen molar-refractivity contribution in [2.24, 2.45) is 5.73 Å². The van der Waals surface area contributed by atoms with Gasteiger partial charge in [-0.05, 0) is 48.2 Å². The van der Waals surface area contributed by atoms with Crippen molar-refractivity contribution in [1.82, 2.24) is 4.90 Å². The largest absolute Gasteiger partial charge is 0.366 e. The highest BCUT2D eigenvalue weighted by Gasteiger charge is 2.06. The van der Waals surface area contributed by atoms with Crippen LogP contribution in [0.25, 0.3) is 0 Å². The molecule has 2 aromatic carbocycles. The van der Waals surface area contributed by atoms with E-state index < -0.39 is 0 Å². The maximum absolute atomic E-state index is 11.5. The second-order valence-corrected chi connectivity index (χ2v) is 5.66. The number of amides is 2. The monoisotopic (exact) mass is 326 g/mol. The number of benzene rings is 2. The number of carbonyl (C=O) groups excluding carboxylic acids is 2. The molecule has 0 aliphatic heterocycles. The average molecular weight is 326 g/mol. The summed E-state index contributed by atoms with van der Waals surface area (Å²) in [6, 6.07) is 15.1. The second kappa shape index (κ2) is 9.50. The quantitative estimate of drug-likeness (QED) is 0.937. The van der Waals surface area contributed by atoms with Gasteiger partial charge >= 0.3 is 0 Å². The normalized spacial score (nSPS) is 9.67. The third-order valence-electron chi connectivity index (χ3n) is 3.66. The lowest BCUT2D eigenvalue weighted by atomic mass is 10.1. The molecule has 0 heterocycles. The van der Waals surface area contributed by atoms with Crippen molar-refractivity contribution in [2.75, 3.05) is 14.1 Å². The molecule has 4 heteroatoms. The third-order valence-corrected chi connectivity index (χ3v) is 3.66. The molecule has 2 aromatic rings. The molecule has 2 N–H and O–H groups in total. The standard InChI is InChI=1S/C11H15NO.C9H11NO/c1-4-9-5-7-10(8-6-9)11(13)12(2)3;1-2-7-3-5-8(6-4-7)9(10)11/h5-8H,4H2,1-3H3;3-6H,2H2,1H3,(H2,10,11). The number of nitrogens with zero attached hydrogens (tertiary/aromatic N) is 1. The summed E-state index contributed by atoms with van der Waals surface area (Å²) in [5, 5.41) is 0. The van der Waals surface area contributed by atoms with Gasteiger partial charge in [0, 0.05) is 25.2 Å². The predicted molar refractivity (Wildman–Crippen MR) is 98.2 cm³/mol. The summed E-state index contributed by atoms with van der Waals surface area (Å²) in [5.41, 5.74) is 8.87. The summed E-state index contributed by atoms with van der Waals surface area (Å²) < 4.78 is 0. The zero-order valence-electron chi connectivity index (χ0n) is 14.9. The molecule has 0 saturated heterocycles. The molecule has 0 radical (unpaired) electrons. The fourth-order valence-corrected chi connectivity index (χ4v) is 2.05. The van der Waals surface area contributed by atoms with E-state index in [0.717, 1.165) is 18.4 Å². The molecule has 0 fully saturated rings. The Morgan fingerprint density at radius 2 is 1.17 bits per heavy atom. The van der Waals surface area contributed by atoms with Gasteiger partial charge in [0.05, 0.1) is 0 Å². The molecule has 0 spiro atoms. The molecule has 2 amide bonds. The first-order valence-corrected chi connectivity index (χ1v) is 8.08. The third kappa shape index (κ3) is 5.88. The first kappa shape index (κ1) is 19.4. The smallest absolute Gasteiger partial charge is 0.253 e. The first-order chi connectivity index (χ1) is 11.4. The van der Waals surface area contributed by atoms with Crippen molar-refractivity contribution in [3.05, 3.63) is 70.8 Å². The van der Waals surface area contributed by atoms with Crippen molar-refractivity contribution in [2.45, 2.75) is 26.7 Å². The summed E-state index contributed by atoms with van der Waals surface area (Å²) in [4.78, 5) is 23.7. The Morgan fingerprint density at radius 1 is 0.792 bits per heavy atom. The van der Waals surface area contributed by atoms with Crippen LogP contribution in [0.4, 0.5) is 0 Å². The molecular formula is C20H26N2O2. The Labute approximate surface area is 144 Å². The van der Waals surface area contributed by atoms with Crippen molar-refractivity contribution in [3.63, 3.8) is 0 Å². The summed E-state index contributed by atoms with van der Waals surface area (Å²) in [6.07, 6.45) is 2.00. The van der Waals surface area contributed by atoms with Gasteiger partial charge in [-0.15, -0.1) is 0 Å². The van der Waals surface area contributed by atoms with Gasteiger partial charge in [0.1, 0.15) is 0 Å². The number of primary amides is 1. The summed E-state index contributed by atoms with van der Waals surface area (Å²) in [6.45, 7) is 4.17. The van der Waals surface area contributed by atoms with E-state index >= 15 is 0 Å². The maximum Gasteiger partial charge on any atom is 0.253 e. The zero-order valence-corrected chi connectivity index (χ0v) is 14.9. The van der Waals surface area contributed by atoms with Crippen LogP contribution in [-0.2, 0) is 12.8 Å². The summed E-state index contributed by atoms with van der Waals surface area (Å²) in [7, 11) is 3.52. The number of aryl methyl sites for hydroxylation is 2.